The number of rotatable bonds is 3. The summed E-state index contributed by atoms with van der Waals surface area (Å²) >= 11 is 0. The Kier molecular flexibility index (Phi) is 3.97. The Morgan fingerprint density at radius 1 is 1.28 bits per heavy atom. The van der Waals surface area contributed by atoms with Crippen molar-refractivity contribution in [3.05, 3.63) is 47.5 Å². The first-order chi connectivity index (χ1) is 8.60. The van der Waals surface area contributed by atoms with E-state index in [0.29, 0.717) is 0 Å². The van der Waals surface area contributed by atoms with Crippen LogP contribution in [-0.2, 0) is 9.47 Å². The topological polar surface area (TPSA) is 18.5 Å². The predicted molar refractivity (Wildman–Crippen MR) is 78.2 cm³/mol. The lowest BCUT2D eigenvalue weighted by Gasteiger charge is -2.35. The van der Waals surface area contributed by atoms with Crippen LogP contribution in [0.2, 0.25) is 0 Å². The van der Waals surface area contributed by atoms with Crippen LogP contribution in [0.25, 0.3) is 0 Å². The van der Waals surface area contributed by atoms with E-state index in [2.05, 4.69) is 46.5 Å². The number of methoxy groups -OCH3 is 2. The maximum Gasteiger partial charge on any atom is 0.122 e. The van der Waals surface area contributed by atoms with Crippen LogP contribution in [0.3, 0.4) is 0 Å². The zero-order valence-electron chi connectivity index (χ0n) is 11.3. The van der Waals surface area contributed by atoms with Gasteiger partial charge in [-0.25, -0.2) is 0 Å². The summed E-state index contributed by atoms with van der Waals surface area (Å²) in [4.78, 5) is 0. The Labute approximate surface area is 112 Å². The third-order valence-corrected chi connectivity index (χ3v) is 4.14. The van der Waals surface area contributed by atoms with Gasteiger partial charge in [0.05, 0.1) is 14.2 Å². The lowest BCUT2D eigenvalue weighted by molar-refractivity contribution is 0.240. The summed E-state index contributed by atoms with van der Waals surface area (Å²) in [6.07, 6.45) is 12.7. The van der Waals surface area contributed by atoms with E-state index in [1.54, 1.807) is 14.2 Å². The third-order valence-electron chi connectivity index (χ3n) is 3.58. The Balaban J connectivity index is 2.45. The number of ether oxygens (including phenoxy) is 2. The van der Waals surface area contributed by atoms with Crippen molar-refractivity contribution in [2.45, 2.75) is 24.9 Å². The molecule has 0 aromatic rings. The minimum Gasteiger partial charge on any atom is -0.501 e. The van der Waals surface area contributed by atoms with Gasteiger partial charge in [-0.1, -0.05) is 31.2 Å². The standard InChI is InChI=1S/C15H21O2P/c1-15(18)10-5-4-7-11(15)14-12(16-2)8-6-9-13(14)17-3/h4-5,7-8,10-11H,6,9,18H2,1-3H3. The largest absolute Gasteiger partial charge is 0.501 e. The van der Waals surface area contributed by atoms with Crippen molar-refractivity contribution in [3.8, 4) is 0 Å². The molecule has 3 unspecified atom stereocenters. The van der Waals surface area contributed by atoms with Crippen molar-refractivity contribution in [2.75, 3.05) is 14.2 Å². The average Bonchev–Trinajstić information content (AvgIpc) is 2.37. The number of hydrogen-bond donors (Lipinski definition) is 0. The summed E-state index contributed by atoms with van der Waals surface area (Å²) in [5, 5.41) is 0.00280. The van der Waals surface area contributed by atoms with E-state index in [-0.39, 0.29) is 11.1 Å². The second-order valence-electron chi connectivity index (χ2n) is 4.94. The molecule has 18 heavy (non-hydrogen) atoms. The minimum absolute atomic E-state index is 0.00280. The molecule has 0 fully saturated rings. The van der Waals surface area contributed by atoms with Gasteiger partial charge < -0.3 is 9.47 Å². The molecular formula is C15H21O2P. The highest BCUT2D eigenvalue weighted by Gasteiger charge is 2.35. The van der Waals surface area contributed by atoms with Crippen molar-refractivity contribution >= 4 is 9.24 Å². The molecule has 3 atom stereocenters. The second kappa shape index (κ2) is 5.32. The molecule has 2 rings (SSSR count). The molecule has 0 heterocycles. The summed E-state index contributed by atoms with van der Waals surface area (Å²) in [6.45, 7) is 2.21. The molecule has 98 valence electrons. The van der Waals surface area contributed by atoms with Gasteiger partial charge in [-0.15, -0.1) is 9.24 Å². The van der Waals surface area contributed by atoms with Crippen molar-refractivity contribution in [1.29, 1.82) is 0 Å². The van der Waals surface area contributed by atoms with Crippen LogP contribution in [-0.4, -0.2) is 19.4 Å². The van der Waals surface area contributed by atoms with Crippen molar-refractivity contribution in [2.24, 2.45) is 5.92 Å². The summed E-state index contributed by atoms with van der Waals surface area (Å²) in [6, 6.07) is 0. The van der Waals surface area contributed by atoms with E-state index in [1.165, 1.54) is 5.57 Å². The maximum atomic E-state index is 5.57. The van der Waals surface area contributed by atoms with Crippen LogP contribution in [0.1, 0.15) is 19.8 Å². The second-order valence-corrected chi connectivity index (χ2v) is 6.18. The monoisotopic (exact) mass is 264 g/mol. The minimum atomic E-state index is 0.00280. The molecule has 0 saturated carbocycles. The van der Waals surface area contributed by atoms with E-state index in [0.717, 1.165) is 24.4 Å². The molecule has 0 N–H and O–H groups in total. The van der Waals surface area contributed by atoms with Crippen LogP contribution >= 0.6 is 9.24 Å². The van der Waals surface area contributed by atoms with Gasteiger partial charge in [0.1, 0.15) is 11.5 Å². The molecule has 0 aromatic heterocycles. The molecule has 0 saturated heterocycles. The number of allylic oxidation sites excluding steroid dienone is 7. The average molecular weight is 264 g/mol. The molecule has 2 aliphatic rings. The van der Waals surface area contributed by atoms with Gasteiger partial charge in [0.2, 0.25) is 0 Å². The zero-order chi connectivity index (χ0) is 13.2. The highest BCUT2D eigenvalue weighted by molar-refractivity contribution is 7.19. The van der Waals surface area contributed by atoms with Crippen molar-refractivity contribution in [3.63, 3.8) is 0 Å². The molecular weight excluding hydrogens is 243 g/mol. The van der Waals surface area contributed by atoms with Gasteiger partial charge in [0, 0.05) is 23.1 Å². The van der Waals surface area contributed by atoms with Gasteiger partial charge in [-0.05, 0) is 12.5 Å². The Hall–Kier alpha value is -1.01. The van der Waals surface area contributed by atoms with Gasteiger partial charge in [-0.2, -0.15) is 0 Å². The van der Waals surface area contributed by atoms with Gasteiger partial charge in [0.15, 0.2) is 0 Å². The fourth-order valence-electron chi connectivity index (χ4n) is 2.60. The summed E-state index contributed by atoms with van der Waals surface area (Å²) in [5.41, 5.74) is 1.18. The van der Waals surface area contributed by atoms with Gasteiger partial charge >= 0.3 is 0 Å². The molecule has 0 aromatic carbocycles. The maximum absolute atomic E-state index is 5.57. The SMILES string of the molecule is COC1=CCCC(OC)=C1C1C=CC=CC1(C)P. The molecule has 0 spiro atoms. The zero-order valence-corrected chi connectivity index (χ0v) is 12.4. The van der Waals surface area contributed by atoms with E-state index in [1.807, 2.05) is 0 Å². The van der Waals surface area contributed by atoms with Crippen LogP contribution in [0, 0.1) is 5.92 Å². The summed E-state index contributed by atoms with van der Waals surface area (Å²) in [7, 11) is 6.41. The highest BCUT2D eigenvalue weighted by atomic mass is 31.0. The fourth-order valence-corrected chi connectivity index (χ4v) is 2.99. The number of hydrogen-bond acceptors (Lipinski definition) is 2. The molecule has 2 nitrogen and oxygen atoms in total. The van der Waals surface area contributed by atoms with Crippen LogP contribution in [0.4, 0.5) is 0 Å². The quantitative estimate of drug-likeness (QED) is 0.725. The van der Waals surface area contributed by atoms with Crippen LogP contribution in [0.15, 0.2) is 47.5 Å². The first-order valence-electron chi connectivity index (χ1n) is 6.26. The third kappa shape index (κ3) is 2.40. The predicted octanol–water partition coefficient (Wildman–Crippen LogP) is 3.59. The fraction of sp³-hybridized carbons (Fsp3) is 0.467. The van der Waals surface area contributed by atoms with Crippen LogP contribution < -0.4 is 0 Å². The Morgan fingerprint density at radius 2 is 2.06 bits per heavy atom. The molecule has 2 aliphatic carbocycles. The summed E-state index contributed by atoms with van der Waals surface area (Å²) < 4.78 is 11.1. The lowest BCUT2D eigenvalue weighted by atomic mass is 9.79. The summed E-state index contributed by atoms with van der Waals surface area (Å²) in [5.74, 6) is 2.28. The van der Waals surface area contributed by atoms with E-state index in [9.17, 15) is 0 Å². The van der Waals surface area contributed by atoms with E-state index >= 15 is 0 Å². The Morgan fingerprint density at radius 3 is 2.67 bits per heavy atom. The first kappa shape index (κ1) is 13.4. The van der Waals surface area contributed by atoms with Gasteiger partial charge in [-0.3, -0.25) is 0 Å². The lowest BCUT2D eigenvalue weighted by Crippen LogP contribution is -2.30. The molecule has 0 aliphatic heterocycles. The van der Waals surface area contributed by atoms with Crippen molar-refractivity contribution in [1.82, 2.24) is 0 Å². The molecule has 3 heteroatoms. The van der Waals surface area contributed by atoms with Crippen molar-refractivity contribution < 1.29 is 9.47 Å². The smallest absolute Gasteiger partial charge is 0.122 e. The molecule has 0 bridgehead atoms. The molecule has 0 radical (unpaired) electrons. The van der Waals surface area contributed by atoms with Gasteiger partial charge in [0.25, 0.3) is 0 Å². The highest BCUT2D eigenvalue weighted by Crippen LogP contribution is 2.43. The normalized spacial score (nSPS) is 31.3. The Bertz CT molecular complexity index is 441. The van der Waals surface area contributed by atoms with E-state index in [4.69, 9.17) is 9.47 Å². The van der Waals surface area contributed by atoms with E-state index < -0.39 is 0 Å². The van der Waals surface area contributed by atoms with Crippen LogP contribution in [0.5, 0.6) is 0 Å². The molecule has 0 amide bonds. The first-order valence-corrected chi connectivity index (χ1v) is 6.84.